The molecular weight excluding hydrogens is 379 g/mol. The largest absolute Gasteiger partial charge is 0 e. The van der Waals surface area contributed by atoms with E-state index in [2.05, 4.69) is 0 Å². The van der Waals surface area contributed by atoms with Crippen LogP contribution >= 0.6 is 0 Å². The van der Waals surface area contributed by atoms with Crippen LogP contribution in [0.1, 0.15) is 0 Å². The van der Waals surface area contributed by atoms with Gasteiger partial charge in [-0.1, -0.05) is 0 Å². The third-order valence-electron chi connectivity index (χ3n) is 0. The molecule has 4 heavy (non-hydrogen) atoms. The van der Waals surface area contributed by atoms with Gasteiger partial charge in [-0.25, -0.2) is 0 Å². The summed E-state index contributed by atoms with van der Waals surface area (Å²) in [5.41, 5.74) is 0. The van der Waals surface area contributed by atoms with E-state index in [-0.39, 0.29) is 86.8 Å². The molecular formula is AlBGdW. The smallest absolute Gasteiger partial charge is 0 e. The zero-order chi connectivity index (χ0) is 0. The number of hydrogen-bond donors (Lipinski definition) is 0. The van der Waals surface area contributed by atoms with Gasteiger partial charge in [-0.15, -0.1) is 0 Å². The van der Waals surface area contributed by atoms with Gasteiger partial charge in [-0.3, -0.25) is 0 Å². The average molecular weight is 379 g/mol. The molecule has 0 rings (SSSR count). The standard InChI is InChI=1S/Al.B.Gd.W. The Morgan fingerprint density at radius 1 is 1.00 bits per heavy atom. The van der Waals surface area contributed by atoms with Gasteiger partial charge in [0.15, 0.2) is 0 Å². The summed E-state index contributed by atoms with van der Waals surface area (Å²) < 4.78 is 0. The van der Waals surface area contributed by atoms with E-state index in [0.29, 0.717) is 0 Å². The van der Waals surface area contributed by atoms with Gasteiger partial charge in [0, 0.05) is 86.8 Å². The van der Waals surface area contributed by atoms with Crippen LogP contribution in [0.2, 0.25) is 0 Å². The predicted octanol–water partition coefficient (Wildman–Crippen LogP) is -0.764. The molecule has 0 aromatic carbocycles. The van der Waals surface area contributed by atoms with Crippen LogP contribution in [0.3, 0.4) is 0 Å². The van der Waals surface area contributed by atoms with Gasteiger partial charge in [0.1, 0.15) is 0 Å². The van der Waals surface area contributed by atoms with Gasteiger partial charge >= 0.3 is 0 Å². The molecule has 0 aliphatic carbocycles. The Labute approximate surface area is 85.1 Å². The maximum Gasteiger partial charge on any atom is 0 e. The minimum atomic E-state index is 0. The van der Waals surface area contributed by atoms with Crippen molar-refractivity contribution in [3.05, 3.63) is 0 Å². The molecule has 0 nitrogen and oxygen atoms in total. The zero-order valence-electron chi connectivity index (χ0n) is 1.92. The molecule has 0 aromatic heterocycles. The summed E-state index contributed by atoms with van der Waals surface area (Å²) in [6.07, 6.45) is 0. The van der Waals surface area contributed by atoms with E-state index in [4.69, 9.17) is 0 Å². The average Bonchev–Trinajstić information content (AvgIpc) is 0. The van der Waals surface area contributed by atoms with Gasteiger partial charge in [-0.05, 0) is 0 Å². The van der Waals surface area contributed by atoms with Crippen LogP contribution < -0.4 is 0 Å². The Balaban J connectivity index is 0. The van der Waals surface area contributed by atoms with Gasteiger partial charge in [0.2, 0.25) is 0 Å². The van der Waals surface area contributed by atoms with E-state index in [1.54, 1.807) is 0 Å². The van der Waals surface area contributed by atoms with Gasteiger partial charge < -0.3 is 0 Å². The summed E-state index contributed by atoms with van der Waals surface area (Å²) in [6, 6.07) is 0. The van der Waals surface area contributed by atoms with Crippen LogP contribution in [0.4, 0.5) is 0 Å². The first-order valence-corrected chi connectivity index (χ1v) is 0. The van der Waals surface area contributed by atoms with E-state index in [9.17, 15) is 0 Å². The SMILES string of the molecule is [Al].[B].[Gd].[W]. The molecule has 0 bridgehead atoms. The molecule has 0 fully saturated rings. The molecule has 0 saturated carbocycles. The monoisotopic (exact) mass is 380 g/mol. The van der Waals surface area contributed by atoms with Crippen LogP contribution in [0.25, 0.3) is 0 Å². The van der Waals surface area contributed by atoms with E-state index in [0.717, 1.165) is 0 Å². The van der Waals surface area contributed by atoms with Crippen molar-refractivity contribution < 1.29 is 61.0 Å². The summed E-state index contributed by atoms with van der Waals surface area (Å²) in [7, 11) is 0. The van der Waals surface area contributed by atoms with Crippen molar-refractivity contribution in [3.63, 3.8) is 0 Å². The summed E-state index contributed by atoms with van der Waals surface area (Å²) in [6.45, 7) is 0. The van der Waals surface area contributed by atoms with Crippen molar-refractivity contribution >= 4 is 25.8 Å². The molecule has 6 radical (unpaired) electrons. The van der Waals surface area contributed by atoms with Crippen LogP contribution in [0.5, 0.6) is 0 Å². The van der Waals surface area contributed by atoms with Crippen molar-refractivity contribution in [3.8, 4) is 0 Å². The Morgan fingerprint density at radius 2 is 1.00 bits per heavy atom. The van der Waals surface area contributed by atoms with Crippen LogP contribution in [-0.4, -0.2) is 25.8 Å². The molecule has 0 N–H and O–H groups in total. The second-order valence-electron chi connectivity index (χ2n) is 0. The van der Waals surface area contributed by atoms with Crippen LogP contribution in [0, 0.1) is 39.9 Å². The van der Waals surface area contributed by atoms with Crippen molar-refractivity contribution in [1.82, 2.24) is 0 Å². The Kier molecular flexibility index (Phi) is 134. The van der Waals surface area contributed by atoms with E-state index < -0.39 is 0 Å². The molecule has 0 saturated heterocycles. The van der Waals surface area contributed by atoms with Gasteiger partial charge in [0.25, 0.3) is 0 Å². The molecule has 0 heterocycles. The van der Waals surface area contributed by atoms with E-state index >= 15 is 0 Å². The summed E-state index contributed by atoms with van der Waals surface area (Å²) in [5, 5.41) is 0. The summed E-state index contributed by atoms with van der Waals surface area (Å²) in [5.74, 6) is 0. The Bertz CT molecular complexity index is 8.00. The summed E-state index contributed by atoms with van der Waals surface area (Å²) >= 11 is 0. The molecule has 0 unspecified atom stereocenters. The van der Waals surface area contributed by atoms with E-state index in [1.807, 2.05) is 0 Å². The second kappa shape index (κ2) is 17.5. The van der Waals surface area contributed by atoms with Crippen LogP contribution in [0.15, 0.2) is 0 Å². The Hall–Kier alpha value is 2.61. The van der Waals surface area contributed by atoms with Gasteiger partial charge in [0.05, 0.1) is 0 Å². The quantitative estimate of drug-likeness (QED) is 0.486. The van der Waals surface area contributed by atoms with Crippen LogP contribution in [-0.2, 0) is 21.1 Å². The minimum Gasteiger partial charge on any atom is 0 e. The van der Waals surface area contributed by atoms with E-state index in [1.165, 1.54) is 0 Å². The molecule has 4 heteroatoms. The second-order valence-corrected chi connectivity index (χ2v) is 0. The first kappa shape index (κ1) is 30.5. The number of rotatable bonds is 0. The Morgan fingerprint density at radius 3 is 1.00 bits per heavy atom. The molecule has 0 aromatic rings. The molecule has 0 amide bonds. The maximum atomic E-state index is 0. The first-order valence-electron chi connectivity index (χ1n) is 0. The topological polar surface area (TPSA) is 0 Å². The van der Waals surface area contributed by atoms with Crippen molar-refractivity contribution in [2.45, 2.75) is 0 Å². The molecule has 0 aliphatic rings. The van der Waals surface area contributed by atoms with Crippen molar-refractivity contribution in [2.24, 2.45) is 0 Å². The predicted molar refractivity (Wildman–Crippen MR) is 11.5 cm³/mol. The van der Waals surface area contributed by atoms with Crippen molar-refractivity contribution in [2.75, 3.05) is 0 Å². The zero-order valence-corrected chi connectivity index (χ0v) is 8.27. The fraction of sp³-hybridized carbons (Fsp3) is 0. The maximum absolute atomic E-state index is 0. The summed E-state index contributed by atoms with van der Waals surface area (Å²) in [4.78, 5) is 0. The first-order chi connectivity index (χ1) is 0. The number of hydrogen-bond acceptors (Lipinski definition) is 0. The normalized spacial score (nSPS) is 0. The molecule has 0 aliphatic heterocycles. The molecule has 0 spiro atoms. The third kappa shape index (κ3) is 8.82. The molecule has 20 valence electrons. The fourth-order valence-corrected chi connectivity index (χ4v) is 0. The van der Waals surface area contributed by atoms with Gasteiger partial charge in [-0.2, -0.15) is 0 Å². The van der Waals surface area contributed by atoms with Crippen molar-refractivity contribution in [1.29, 1.82) is 0 Å². The molecule has 0 atom stereocenters. The third-order valence-corrected chi connectivity index (χ3v) is 0. The minimum absolute atomic E-state index is 0. The fourth-order valence-electron chi connectivity index (χ4n) is 0.